The Morgan fingerprint density at radius 1 is 1.28 bits per heavy atom. The van der Waals surface area contributed by atoms with Gasteiger partial charge in [-0.25, -0.2) is 4.79 Å². The van der Waals surface area contributed by atoms with Gasteiger partial charge >= 0.3 is 6.03 Å². The summed E-state index contributed by atoms with van der Waals surface area (Å²) in [5.74, 6) is 1.25. The predicted octanol–water partition coefficient (Wildman–Crippen LogP) is 3.01. The molecule has 1 aliphatic carbocycles. The Morgan fingerprint density at radius 2 is 1.96 bits per heavy atom. The predicted molar refractivity (Wildman–Crippen MR) is 98.2 cm³/mol. The SMILES string of the molecule is CCC(C)NC(=O)c1cccc(CNC(=O)N2CC3C(C2)C3(C)C)c1. The van der Waals surface area contributed by atoms with E-state index in [0.29, 0.717) is 29.4 Å². The lowest BCUT2D eigenvalue weighted by Crippen LogP contribution is -2.40. The minimum Gasteiger partial charge on any atom is -0.350 e. The number of benzene rings is 1. The van der Waals surface area contributed by atoms with E-state index in [2.05, 4.69) is 24.5 Å². The highest BCUT2D eigenvalue weighted by Crippen LogP contribution is 2.61. The van der Waals surface area contributed by atoms with Crippen LogP contribution in [-0.2, 0) is 6.54 Å². The molecule has 1 saturated carbocycles. The first-order chi connectivity index (χ1) is 11.8. The summed E-state index contributed by atoms with van der Waals surface area (Å²) in [4.78, 5) is 26.5. The van der Waals surface area contributed by atoms with Crippen molar-refractivity contribution in [2.75, 3.05) is 13.1 Å². The van der Waals surface area contributed by atoms with Crippen LogP contribution in [0, 0.1) is 17.3 Å². The molecule has 2 fully saturated rings. The van der Waals surface area contributed by atoms with Gasteiger partial charge in [-0.15, -0.1) is 0 Å². The third-order valence-corrected chi connectivity index (χ3v) is 6.03. The van der Waals surface area contributed by atoms with Crippen LogP contribution in [0.1, 0.15) is 50.0 Å². The highest BCUT2D eigenvalue weighted by molar-refractivity contribution is 5.94. The molecule has 2 aliphatic rings. The summed E-state index contributed by atoms with van der Waals surface area (Å²) < 4.78 is 0. The van der Waals surface area contributed by atoms with Crippen molar-refractivity contribution in [3.63, 3.8) is 0 Å². The number of hydrogen-bond donors (Lipinski definition) is 2. The summed E-state index contributed by atoms with van der Waals surface area (Å²) in [7, 11) is 0. The number of likely N-dealkylation sites (tertiary alicyclic amines) is 1. The first-order valence-electron chi connectivity index (χ1n) is 9.25. The van der Waals surface area contributed by atoms with Crippen LogP contribution in [0.4, 0.5) is 4.79 Å². The van der Waals surface area contributed by atoms with E-state index in [9.17, 15) is 9.59 Å². The average Bonchev–Trinajstić information content (AvgIpc) is 2.94. The van der Waals surface area contributed by atoms with Crippen molar-refractivity contribution in [2.45, 2.75) is 46.7 Å². The van der Waals surface area contributed by atoms with Crippen LogP contribution in [0.15, 0.2) is 24.3 Å². The topological polar surface area (TPSA) is 61.4 Å². The number of carbonyl (C=O) groups is 2. The van der Waals surface area contributed by atoms with Gasteiger partial charge in [-0.2, -0.15) is 0 Å². The van der Waals surface area contributed by atoms with Crippen LogP contribution in [0.5, 0.6) is 0 Å². The molecule has 3 atom stereocenters. The fourth-order valence-corrected chi connectivity index (χ4v) is 3.82. The van der Waals surface area contributed by atoms with Gasteiger partial charge in [-0.05, 0) is 48.3 Å². The molecule has 0 bridgehead atoms. The van der Waals surface area contributed by atoms with E-state index in [1.807, 2.05) is 36.9 Å². The molecule has 2 N–H and O–H groups in total. The molecule has 0 aromatic heterocycles. The molecule has 5 nitrogen and oxygen atoms in total. The van der Waals surface area contributed by atoms with Gasteiger partial charge in [0.25, 0.3) is 5.91 Å². The lowest BCUT2D eigenvalue weighted by atomic mass is 10.1. The number of carbonyl (C=O) groups excluding carboxylic acids is 2. The zero-order valence-electron chi connectivity index (χ0n) is 15.6. The maximum atomic E-state index is 12.3. The molecule has 136 valence electrons. The molecule has 25 heavy (non-hydrogen) atoms. The van der Waals surface area contributed by atoms with Crippen LogP contribution in [0.2, 0.25) is 0 Å². The van der Waals surface area contributed by atoms with Crippen LogP contribution in [0.3, 0.4) is 0 Å². The maximum Gasteiger partial charge on any atom is 0.317 e. The Balaban J connectivity index is 1.51. The molecule has 5 heteroatoms. The van der Waals surface area contributed by atoms with Crippen molar-refractivity contribution >= 4 is 11.9 Å². The van der Waals surface area contributed by atoms with Gasteiger partial charge in [-0.3, -0.25) is 4.79 Å². The summed E-state index contributed by atoms with van der Waals surface area (Å²) in [5.41, 5.74) is 1.99. The van der Waals surface area contributed by atoms with Gasteiger partial charge in [0.1, 0.15) is 0 Å². The zero-order valence-corrected chi connectivity index (χ0v) is 15.6. The van der Waals surface area contributed by atoms with Crippen LogP contribution in [-0.4, -0.2) is 36.0 Å². The van der Waals surface area contributed by atoms with E-state index in [-0.39, 0.29) is 18.0 Å². The number of hydrogen-bond acceptors (Lipinski definition) is 2. The third-order valence-electron chi connectivity index (χ3n) is 6.03. The molecule has 1 heterocycles. The van der Waals surface area contributed by atoms with Crippen LogP contribution >= 0.6 is 0 Å². The van der Waals surface area contributed by atoms with Crippen molar-refractivity contribution in [3.05, 3.63) is 35.4 Å². The Hall–Kier alpha value is -2.04. The van der Waals surface area contributed by atoms with Crippen molar-refractivity contribution in [1.82, 2.24) is 15.5 Å². The van der Waals surface area contributed by atoms with Gasteiger partial charge < -0.3 is 15.5 Å². The second kappa shape index (κ2) is 6.70. The summed E-state index contributed by atoms with van der Waals surface area (Å²) in [6, 6.07) is 7.60. The minimum absolute atomic E-state index is 0.00235. The number of amides is 3. The van der Waals surface area contributed by atoms with E-state index >= 15 is 0 Å². The second-order valence-corrected chi connectivity index (χ2v) is 8.08. The molecule has 0 spiro atoms. The maximum absolute atomic E-state index is 12.3. The molecular formula is C20H29N3O2. The normalized spacial score (nSPS) is 24.4. The van der Waals surface area contributed by atoms with E-state index in [4.69, 9.17) is 0 Å². The summed E-state index contributed by atoms with van der Waals surface area (Å²) in [6.07, 6.45) is 0.899. The minimum atomic E-state index is -0.0654. The number of nitrogens with zero attached hydrogens (tertiary/aromatic N) is 1. The highest BCUT2D eigenvalue weighted by Gasteiger charge is 2.62. The fraction of sp³-hybridized carbons (Fsp3) is 0.600. The van der Waals surface area contributed by atoms with E-state index in [0.717, 1.165) is 25.1 Å². The van der Waals surface area contributed by atoms with Crippen molar-refractivity contribution < 1.29 is 9.59 Å². The van der Waals surface area contributed by atoms with Gasteiger partial charge in [0.05, 0.1) is 0 Å². The molecule has 1 aromatic carbocycles. The number of fused-ring (bicyclic) bond motifs is 1. The van der Waals surface area contributed by atoms with E-state index in [1.54, 1.807) is 6.07 Å². The lowest BCUT2D eigenvalue weighted by Gasteiger charge is -2.22. The Bertz CT molecular complexity index is 657. The van der Waals surface area contributed by atoms with Crippen molar-refractivity contribution in [2.24, 2.45) is 17.3 Å². The molecule has 3 unspecified atom stereocenters. The third kappa shape index (κ3) is 3.65. The second-order valence-electron chi connectivity index (χ2n) is 8.08. The zero-order chi connectivity index (χ0) is 18.2. The molecule has 1 aromatic rings. The number of piperidine rings is 1. The van der Waals surface area contributed by atoms with E-state index < -0.39 is 0 Å². The Labute approximate surface area is 150 Å². The largest absolute Gasteiger partial charge is 0.350 e. The molecule has 3 rings (SSSR count). The molecule has 1 saturated heterocycles. The number of urea groups is 1. The smallest absolute Gasteiger partial charge is 0.317 e. The van der Waals surface area contributed by atoms with Crippen LogP contribution in [0.25, 0.3) is 0 Å². The highest BCUT2D eigenvalue weighted by atomic mass is 16.2. The van der Waals surface area contributed by atoms with Gasteiger partial charge in [0, 0.05) is 31.2 Å². The molecular weight excluding hydrogens is 314 g/mol. The quantitative estimate of drug-likeness (QED) is 0.863. The van der Waals surface area contributed by atoms with Crippen LogP contribution < -0.4 is 10.6 Å². The number of rotatable bonds is 5. The average molecular weight is 343 g/mol. The van der Waals surface area contributed by atoms with Gasteiger partial charge in [0.15, 0.2) is 0 Å². The molecule has 0 radical (unpaired) electrons. The molecule has 3 amide bonds. The van der Waals surface area contributed by atoms with E-state index in [1.165, 1.54) is 0 Å². The first kappa shape index (κ1) is 17.8. The fourth-order valence-electron chi connectivity index (χ4n) is 3.82. The molecule has 1 aliphatic heterocycles. The van der Waals surface area contributed by atoms with Crippen molar-refractivity contribution in [1.29, 1.82) is 0 Å². The van der Waals surface area contributed by atoms with Crippen molar-refractivity contribution in [3.8, 4) is 0 Å². The summed E-state index contributed by atoms with van der Waals surface area (Å²) in [5, 5.41) is 5.95. The van der Waals surface area contributed by atoms with Gasteiger partial charge in [-0.1, -0.05) is 32.9 Å². The first-order valence-corrected chi connectivity index (χ1v) is 9.25. The Kier molecular flexibility index (Phi) is 4.76. The number of nitrogens with one attached hydrogen (secondary N) is 2. The Morgan fingerprint density at radius 3 is 2.60 bits per heavy atom. The monoisotopic (exact) mass is 343 g/mol. The summed E-state index contributed by atoms with van der Waals surface area (Å²) in [6.45, 7) is 10.8. The standard InChI is InChI=1S/C20H29N3O2/c1-5-13(2)22-18(24)15-8-6-7-14(9-15)10-21-19(25)23-11-16-17(12-23)20(16,3)4/h6-9,13,16-17H,5,10-12H2,1-4H3,(H,21,25)(H,22,24). The lowest BCUT2D eigenvalue weighted by molar-refractivity contribution is 0.0939. The summed E-state index contributed by atoms with van der Waals surface area (Å²) >= 11 is 0. The van der Waals surface area contributed by atoms with Gasteiger partial charge in [0.2, 0.25) is 0 Å².